The maximum atomic E-state index is 14.0. The zero-order chi connectivity index (χ0) is 20.9. The van der Waals surface area contributed by atoms with Crippen LogP contribution in [0.5, 0.6) is 0 Å². The van der Waals surface area contributed by atoms with Crippen LogP contribution in [-0.2, 0) is 16.1 Å². The lowest BCUT2D eigenvalue weighted by molar-refractivity contribution is -0.119. The number of pyridine rings is 1. The van der Waals surface area contributed by atoms with Crippen LogP contribution in [0.1, 0.15) is 30.3 Å². The van der Waals surface area contributed by atoms with E-state index in [1.165, 1.54) is 13.2 Å². The number of methoxy groups -OCH3 is 1. The lowest BCUT2D eigenvalue weighted by Gasteiger charge is -2.21. The van der Waals surface area contributed by atoms with Crippen LogP contribution in [0.2, 0.25) is 0 Å². The Morgan fingerprint density at radius 1 is 1.33 bits per heavy atom. The van der Waals surface area contributed by atoms with Gasteiger partial charge in [-0.2, -0.15) is 4.98 Å². The monoisotopic (exact) mass is 411 g/mol. The molecule has 1 amide bonds. The molecule has 156 valence electrons. The summed E-state index contributed by atoms with van der Waals surface area (Å²) in [4.78, 5) is 22.5. The van der Waals surface area contributed by atoms with Crippen molar-refractivity contribution in [2.45, 2.75) is 25.4 Å². The zero-order valence-corrected chi connectivity index (χ0v) is 16.5. The number of carbonyl (C=O) groups excluding carboxylic acids is 1. The predicted octanol–water partition coefficient (Wildman–Crippen LogP) is 3.19. The number of nitrogens with zero attached hydrogens (tertiary/aromatic N) is 4. The number of rotatable bonds is 7. The highest BCUT2D eigenvalue weighted by Crippen LogP contribution is 2.33. The smallest absolute Gasteiger partial charge is 0.251 e. The summed E-state index contributed by atoms with van der Waals surface area (Å²) in [5.74, 6) is 0.853. The van der Waals surface area contributed by atoms with Gasteiger partial charge < -0.3 is 14.6 Å². The van der Waals surface area contributed by atoms with E-state index in [9.17, 15) is 9.18 Å². The number of nitrogens with one attached hydrogen (secondary N) is 1. The third-order valence-electron chi connectivity index (χ3n) is 4.99. The molecule has 4 rings (SSSR count). The molecule has 1 fully saturated rings. The van der Waals surface area contributed by atoms with Gasteiger partial charge in [0.05, 0.1) is 6.04 Å². The minimum absolute atomic E-state index is 0.0393. The van der Waals surface area contributed by atoms with Crippen molar-refractivity contribution >= 4 is 11.7 Å². The van der Waals surface area contributed by atoms with Crippen LogP contribution in [0, 0.1) is 5.82 Å². The molecule has 1 atom stereocenters. The molecule has 0 unspecified atom stereocenters. The molecule has 0 aliphatic carbocycles. The second-order valence-electron chi connectivity index (χ2n) is 7.09. The third kappa shape index (κ3) is 4.52. The molecule has 3 heterocycles. The van der Waals surface area contributed by atoms with Gasteiger partial charge >= 0.3 is 0 Å². The molecule has 30 heavy (non-hydrogen) atoms. The Morgan fingerprint density at radius 3 is 2.97 bits per heavy atom. The first-order valence-corrected chi connectivity index (χ1v) is 9.70. The van der Waals surface area contributed by atoms with E-state index in [1.807, 2.05) is 6.07 Å². The van der Waals surface area contributed by atoms with Crippen LogP contribution < -0.4 is 5.32 Å². The fourth-order valence-corrected chi connectivity index (χ4v) is 3.54. The quantitative estimate of drug-likeness (QED) is 0.638. The largest absolute Gasteiger partial charge is 0.375 e. The molecule has 2 aromatic heterocycles. The summed E-state index contributed by atoms with van der Waals surface area (Å²) in [5, 5.41) is 6.70. The Morgan fingerprint density at radius 2 is 2.20 bits per heavy atom. The van der Waals surface area contributed by atoms with E-state index in [0.717, 1.165) is 19.4 Å². The minimum Gasteiger partial charge on any atom is -0.375 e. The third-order valence-corrected chi connectivity index (χ3v) is 4.99. The number of halogens is 1. The summed E-state index contributed by atoms with van der Waals surface area (Å²) in [5.41, 5.74) is 1.33. The second kappa shape index (κ2) is 9.10. The molecular formula is C21H22FN5O3. The maximum Gasteiger partial charge on any atom is 0.251 e. The minimum atomic E-state index is -0.282. The number of ether oxygens (including phenoxy) is 1. The molecule has 1 aliphatic heterocycles. The van der Waals surface area contributed by atoms with Gasteiger partial charge in [0, 0.05) is 31.0 Å². The van der Waals surface area contributed by atoms with Crippen LogP contribution in [0.3, 0.4) is 0 Å². The van der Waals surface area contributed by atoms with E-state index in [2.05, 4.69) is 25.3 Å². The summed E-state index contributed by atoms with van der Waals surface area (Å²) in [6.45, 7) is 1.29. The van der Waals surface area contributed by atoms with Crippen molar-refractivity contribution in [2.75, 3.05) is 25.6 Å². The van der Waals surface area contributed by atoms with Crippen LogP contribution in [0.4, 0.5) is 10.2 Å². The first kappa shape index (κ1) is 20.1. The van der Waals surface area contributed by atoms with Gasteiger partial charge in [-0.15, -0.1) is 0 Å². The van der Waals surface area contributed by atoms with Crippen molar-refractivity contribution in [3.8, 4) is 11.4 Å². The Hall–Kier alpha value is -3.17. The van der Waals surface area contributed by atoms with Crippen molar-refractivity contribution in [1.29, 1.82) is 0 Å². The molecule has 1 aliphatic rings. The second-order valence-corrected chi connectivity index (χ2v) is 7.09. The molecular weight excluding hydrogens is 389 g/mol. The van der Waals surface area contributed by atoms with Crippen molar-refractivity contribution in [3.63, 3.8) is 0 Å². The van der Waals surface area contributed by atoms with Gasteiger partial charge in [0.15, 0.2) is 0 Å². The number of benzene rings is 1. The van der Waals surface area contributed by atoms with Crippen molar-refractivity contribution < 1.29 is 18.4 Å². The average Bonchev–Trinajstić information content (AvgIpc) is 3.40. The molecule has 9 heteroatoms. The van der Waals surface area contributed by atoms with Gasteiger partial charge in [0.1, 0.15) is 18.2 Å². The van der Waals surface area contributed by atoms with Gasteiger partial charge in [0.2, 0.25) is 11.7 Å². The van der Waals surface area contributed by atoms with E-state index in [-0.39, 0.29) is 24.4 Å². The van der Waals surface area contributed by atoms with Crippen LogP contribution in [0.25, 0.3) is 11.4 Å². The van der Waals surface area contributed by atoms with Crippen molar-refractivity contribution in [3.05, 3.63) is 59.9 Å². The van der Waals surface area contributed by atoms with E-state index < -0.39 is 0 Å². The van der Waals surface area contributed by atoms with E-state index >= 15 is 0 Å². The van der Waals surface area contributed by atoms with Crippen LogP contribution in [-0.4, -0.2) is 46.2 Å². The fourth-order valence-electron chi connectivity index (χ4n) is 3.54. The van der Waals surface area contributed by atoms with Crippen molar-refractivity contribution in [1.82, 2.24) is 20.0 Å². The summed E-state index contributed by atoms with van der Waals surface area (Å²) in [6, 6.07) is 10.2. The SMILES string of the molecule is COCC(=O)Nc1ccc(-c2noc([C@H]3CCCN3Cc3ccccc3F)n2)cn1. The van der Waals surface area contributed by atoms with Gasteiger partial charge in [-0.3, -0.25) is 9.69 Å². The molecule has 0 radical (unpaired) electrons. The van der Waals surface area contributed by atoms with Crippen LogP contribution >= 0.6 is 0 Å². The maximum absolute atomic E-state index is 14.0. The Bertz CT molecular complexity index is 1010. The predicted molar refractivity (Wildman–Crippen MR) is 107 cm³/mol. The summed E-state index contributed by atoms with van der Waals surface area (Å²) in [7, 11) is 1.45. The van der Waals surface area contributed by atoms with Gasteiger partial charge in [-0.05, 0) is 37.6 Å². The highest BCUT2D eigenvalue weighted by atomic mass is 19.1. The number of carbonyl (C=O) groups is 1. The number of hydrogen-bond donors (Lipinski definition) is 1. The Kier molecular flexibility index (Phi) is 6.10. The lowest BCUT2D eigenvalue weighted by atomic mass is 10.1. The first-order valence-electron chi connectivity index (χ1n) is 9.70. The molecule has 1 N–H and O–H groups in total. The summed E-state index contributed by atoms with van der Waals surface area (Å²) >= 11 is 0. The van der Waals surface area contributed by atoms with Crippen molar-refractivity contribution in [2.24, 2.45) is 0 Å². The molecule has 8 nitrogen and oxygen atoms in total. The summed E-state index contributed by atoms with van der Waals surface area (Å²) < 4.78 is 24.3. The molecule has 1 aromatic carbocycles. The Balaban J connectivity index is 1.45. The van der Waals surface area contributed by atoms with Gasteiger partial charge in [0.25, 0.3) is 5.91 Å². The number of anilines is 1. The van der Waals surface area contributed by atoms with E-state index in [0.29, 0.717) is 35.2 Å². The number of likely N-dealkylation sites (tertiary alicyclic amines) is 1. The van der Waals surface area contributed by atoms with Gasteiger partial charge in [-0.25, -0.2) is 9.37 Å². The number of aromatic nitrogens is 3. The average molecular weight is 411 g/mol. The Labute approximate surface area is 173 Å². The van der Waals surface area contributed by atoms with Crippen LogP contribution in [0.15, 0.2) is 47.1 Å². The molecule has 0 saturated carbocycles. The standard InChI is InChI=1S/C21H22FN5O3/c1-29-13-19(28)24-18-9-8-14(11-23-18)20-25-21(30-26-20)17-7-4-10-27(17)12-15-5-2-3-6-16(15)22/h2-3,5-6,8-9,11,17H,4,7,10,12-13H2,1H3,(H,23,24,28)/t17-/m1/s1. The zero-order valence-electron chi connectivity index (χ0n) is 16.5. The fraction of sp³-hybridized carbons (Fsp3) is 0.333. The molecule has 0 spiro atoms. The molecule has 3 aromatic rings. The topological polar surface area (TPSA) is 93.4 Å². The van der Waals surface area contributed by atoms with Gasteiger partial charge in [-0.1, -0.05) is 23.4 Å². The molecule has 0 bridgehead atoms. The highest BCUT2D eigenvalue weighted by molar-refractivity contribution is 5.90. The number of amides is 1. The molecule has 1 saturated heterocycles. The van der Waals surface area contributed by atoms with E-state index in [4.69, 9.17) is 9.26 Å². The first-order chi connectivity index (χ1) is 14.6. The summed E-state index contributed by atoms with van der Waals surface area (Å²) in [6.07, 6.45) is 3.43. The highest BCUT2D eigenvalue weighted by Gasteiger charge is 2.31. The lowest BCUT2D eigenvalue weighted by Crippen LogP contribution is -2.23. The normalized spacial score (nSPS) is 16.7. The number of hydrogen-bond acceptors (Lipinski definition) is 7. The van der Waals surface area contributed by atoms with E-state index in [1.54, 1.807) is 30.5 Å².